The van der Waals surface area contributed by atoms with E-state index in [-0.39, 0.29) is 12.1 Å². The Morgan fingerprint density at radius 2 is 1.78 bits per heavy atom. The van der Waals surface area contributed by atoms with Gasteiger partial charge in [-0.15, -0.1) is 0 Å². The Morgan fingerprint density at radius 1 is 1.03 bits per heavy atom. The first kappa shape index (κ1) is 25.2. The van der Waals surface area contributed by atoms with Crippen molar-refractivity contribution in [2.45, 2.75) is 65.3 Å². The van der Waals surface area contributed by atoms with E-state index < -0.39 is 5.60 Å². The lowest BCUT2D eigenvalue weighted by Gasteiger charge is -2.40. The summed E-state index contributed by atoms with van der Waals surface area (Å²) in [4.78, 5) is 33.1. The van der Waals surface area contributed by atoms with Crippen molar-refractivity contribution < 1.29 is 9.53 Å². The molecule has 5 rings (SSSR count). The number of carbonyl (C=O) groups excluding carboxylic acids is 1. The molecule has 2 fully saturated rings. The van der Waals surface area contributed by atoms with Gasteiger partial charge in [-0.3, -0.25) is 5.10 Å². The number of anilines is 2. The summed E-state index contributed by atoms with van der Waals surface area (Å²) in [5.41, 5.74) is 2.73. The predicted molar refractivity (Wildman–Crippen MR) is 144 cm³/mol. The van der Waals surface area contributed by atoms with Crippen LogP contribution in [0.1, 0.15) is 41.5 Å². The second kappa shape index (κ2) is 9.77. The number of rotatable bonds is 3. The van der Waals surface area contributed by atoms with Crippen LogP contribution < -0.4 is 15.1 Å². The number of fused-ring (bicyclic) bond motifs is 1. The third-order valence-electron chi connectivity index (χ3n) is 6.95. The molecule has 198 valence electrons. The highest BCUT2D eigenvalue weighted by molar-refractivity contribution is 5.89. The zero-order valence-corrected chi connectivity index (χ0v) is 22.5. The van der Waals surface area contributed by atoms with Crippen LogP contribution in [0, 0.1) is 0 Å². The van der Waals surface area contributed by atoms with Crippen molar-refractivity contribution in [1.29, 1.82) is 0 Å². The number of H-pyrrole nitrogens is 1. The molecule has 2 aliphatic rings. The number of carbonyl (C=O) groups is 1. The van der Waals surface area contributed by atoms with Gasteiger partial charge in [-0.05, 0) is 53.7 Å². The largest absolute Gasteiger partial charge is 0.444 e. The van der Waals surface area contributed by atoms with Gasteiger partial charge < -0.3 is 24.8 Å². The molecule has 3 aromatic rings. The van der Waals surface area contributed by atoms with E-state index in [0.29, 0.717) is 31.7 Å². The van der Waals surface area contributed by atoms with E-state index in [2.05, 4.69) is 44.1 Å². The second-order valence-corrected chi connectivity index (χ2v) is 11.1. The minimum atomic E-state index is -0.505. The summed E-state index contributed by atoms with van der Waals surface area (Å²) < 4.78 is 5.57. The Hall–Kier alpha value is -3.47. The van der Waals surface area contributed by atoms with Crippen LogP contribution in [-0.2, 0) is 4.74 Å². The van der Waals surface area contributed by atoms with E-state index in [9.17, 15) is 4.79 Å². The maximum Gasteiger partial charge on any atom is 0.410 e. The van der Waals surface area contributed by atoms with E-state index >= 15 is 0 Å². The van der Waals surface area contributed by atoms with Gasteiger partial charge in [0.15, 0.2) is 0 Å². The van der Waals surface area contributed by atoms with Crippen molar-refractivity contribution >= 4 is 28.9 Å². The van der Waals surface area contributed by atoms with Crippen molar-refractivity contribution in [1.82, 2.24) is 35.4 Å². The lowest BCUT2D eigenvalue weighted by Crippen LogP contribution is -2.55. The highest BCUT2D eigenvalue weighted by atomic mass is 16.6. The van der Waals surface area contributed by atoms with Crippen LogP contribution in [0.15, 0.2) is 24.5 Å². The average Bonchev–Trinajstić information content (AvgIpc) is 3.26. The maximum atomic E-state index is 12.6. The molecule has 2 saturated heterocycles. The van der Waals surface area contributed by atoms with Gasteiger partial charge in [0, 0.05) is 62.6 Å². The number of pyridine rings is 1. The quantitative estimate of drug-likeness (QED) is 0.552. The fourth-order valence-corrected chi connectivity index (χ4v) is 5.13. The standard InChI is InChI=1S/C26H37N9O2/c1-16-11-27-12-17(2)35(16)24-29-14-20-23(30-24)22(32-31-20)19-7-8-21(28-13-19)33-9-10-34(18(3)15-33)25(36)37-26(4,5)6/h7-8,13-14,16-18,27H,9-12,15H2,1-6H3,(H,31,32). The Bertz CT molecular complexity index is 1240. The summed E-state index contributed by atoms with van der Waals surface area (Å²) in [7, 11) is 0. The van der Waals surface area contributed by atoms with E-state index in [1.807, 2.05) is 52.2 Å². The Kier molecular flexibility index (Phi) is 6.65. The van der Waals surface area contributed by atoms with Crippen LogP contribution in [0.25, 0.3) is 22.3 Å². The van der Waals surface area contributed by atoms with Gasteiger partial charge in [0.1, 0.15) is 28.1 Å². The molecular weight excluding hydrogens is 470 g/mol. The van der Waals surface area contributed by atoms with Gasteiger partial charge in [0.25, 0.3) is 0 Å². The average molecular weight is 508 g/mol. The lowest BCUT2D eigenvalue weighted by molar-refractivity contribution is 0.0158. The summed E-state index contributed by atoms with van der Waals surface area (Å²) in [6.45, 7) is 15.8. The van der Waals surface area contributed by atoms with Gasteiger partial charge in [0.05, 0.1) is 6.20 Å². The number of hydrogen-bond acceptors (Lipinski definition) is 9. The summed E-state index contributed by atoms with van der Waals surface area (Å²) in [5, 5.41) is 11.0. The first-order valence-corrected chi connectivity index (χ1v) is 13.0. The molecule has 5 heterocycles. The van der Waals surface area contributed by atoms with Gasteiger partial charge in [0.2, 0.25) is 5.95 Å². The topological polar surface area (TPSA) is 115 Å². The highest BCUT2D eigenvalue weighted by Crippen LogP contribution is 2.28. The maximum absolute atomic E-state index is 12.6. The van der Waals surface area contributed by atoms with Gasteiger partial charge >= 0.3 is 6.09 Å². The van der Waals surface area contributed by atoms with Crippen molar-refractivity contribution in [2.24, 2.45) is 0 Å². The van der Waals surface area contributed by atoms with Crippen molar-refractivity contribution in [2.75, 3.05) is 42.5 Å². The van der Waals surface area contributed by atoms with Gasteiger partial charge in [-0.2, -0.15) is 5.10 Å². The Labute approximate surface area is 217 Å². The molecule has 3 aromatic heterocycles. The van der Waals surface area contributed by atoms with Crippen LogP contribution >= 0.6 is 0 Å². The number of aromatic amines is 1. The van der Waals surface area contributed by atoms with Crippen LogP contribution in [0.5, 0.6) is 0 Å². The molecule has 3 atom stereocenters. The molecule has 37 heavy (non-hydrogen) atoms. The number of hydrogen-bond donors (Lipinski definition) is 2. The van der Waals surface area contributed by atoms with E-state index in [4.69, 9.17) is 14.7 Å². The molecule has 3 unspecified atom stereocenters. The number of ether oxygens (including phenoxy) is 1. The zero-order valence-electron chi connectivity index (χ0n) is 22.5. The van der Waals surface area contributed by atoms with E-state index in [1.54, 1.807) is 4.90 Å². The Morgan fingerprint density at radius 3 is 2.43 bits per heavy atom. The molecule has 2 N–H and O–H groups in total. The van der Waals surface area contributed by atoms with E-state index in [0.717, 1.165) is 47.1 Å². The molecule has 11 heteroatoms. The molecule has 1 amide bonds. The van der Waals surface area contributed by atoms with Crippen LogP contribution in [0.3, 0.4) is 0 Å². The third-order valence-corrected chi connectivity index (χ3v) is 6.95. The number of nitrogens with zero attached hydrogens (tertiary/aromatic N) is 7. The molecule has 0 aromatic carbocycles. The van der Waals surface area contributed by atoms with Crippen molar-refractivity contribution in [3.05, 3.63) is 24.5 Å². The number of amides is 1. The SMILES string of the molecule is CC1CN(c2ccc(-c3n[nH]c4cnc(N5C(C)CNCC5C)nc34)cn2)CCN1C(=O)OC(C)(C)C. The summed E-state index contributed by atoms with van der Waals surface area (Å²) in [6, 6.07) is 4.66. The summed E-state index contributed by atoms with van der Waals surface area (Å²) >= 11 is 0. The van der Waals surface area contributed by atoms with Gasteiger partial charge in [-0.1, -0.05) is 0 Å². The van der Waals surface area contributed by atoms with E-state index in [1.165, 1.54) is 0 Å². The normalized spacial score (nSPS) is 23.0. The zero-order chi connectivity index (χ0) is 26.3. The second-order valence-electron chi connectivity index (χ2n) is 11.1. The molecule has 0 spiro atoms. The number of aromatic nitrogens is 5. The summed E-state index contributed by atoms with van der Waals surface area (Å²) in [6.07, 6.45) is 3.38. The van der Waals surface area contributed by atoms with Crippen molar-refractivity contribution in [3.63, 3.8) is 0 Å². The molecular formula is C26H37N9O2. The van der Waals surface area contributed by atoms with Crippen LogP contribution in [-0.4, -0.2) is 92.6 Å². The Balaban J connectivity index is 1.32. The fraction of sp³-hybridized carbons (Fsp3) is 0.577. The smallest absolute Gasteiger partial charge is 0.410 e. The molecule has 0 aliphatic carbocycles. The highest BCUT2D eigenvalue weighted by Gasteiger charge is 2.31. The number of piperazine rings is 2. The van der Waals surface area contributed by atoms with Crippen LogP contribution in [0.2, 0.25) is 0 Å². The first-order valence-electron chi connectivity index (χ1n) is 13.0. The lowest BCUT2D eigenvalue weighted by atomic mass is 10.1. The fourth-order valence-electron chi connectivity index (χ4n) is 5.13. The molecule has 2 aliphatic heterocycles. The third kappa shape index (κ3) is 5.18. The minimum absolute atomic E-state index is 0.0188. The minimum Gasteiger partial charge on any atom is -0.444 e. The number of nitrogens with one attached hydrogen (secondary N) is 2. The molecule has 0 radical (unpaired) electrons. The van der Waals surface area contributed by atoms with Crippen LogP contribution in [0.4, 0.5) is 16.6 Å². The summed E-state index contributed by atoms with van der Waals surface area (Å²) in [5.74, 6) is 1.59. The monoisotopic (exact) mass is 507 g/mol. The molecule has 0 bridgehead atoms. The van der Waals surface area contributed by atoms with Gasteiger partial charge in [-0.25, -0.2) is 19.7 Å². The predicted octanol–water partition coefficient (Wildman–Crippen LogP) is 3.05. The first-order chi connectivity index (χ1) is 17.6. The molecule has 0 saturated carbocycles. The molecule has 11 nitrogen and oxygen atoms in total. The van der Waals surface area contributed by atoms with Crippen molar-refractivity contribution in [3.8, 4) is 11.3 Å².